The van der Waals surface area contributed by atoms with Crippen molar-refractivity contribution in [3.8, 4) is 0 Å². The van der Waals surface area contributed by atoms with Crippen molar-refractivity contribution in [2.45, 2.75) is 44.6 Å². The molecule has 5 heteroatoms. The zero-order valence-electron chi connectivity index (χ0n) is 12.3. The number of nitrogens with two attached hydrogens (primary N) is 1. The Morgan fingerprint density at radius 1 is 1.29 bits per heavy atom. The average molecular weight is 313 g/mol. The third kappa shape index (κ3) is 6.36. The number of ether oxygens (including phenoxy) is 1. The van der Waals surface area contributed by atoms with Crippen molar-refractivity contribution in [1.82, 2.24) is 5.32 Å². The van der Waals surface area contributed by atoms with E-state index in [1.54, 1.807) is 0 Å². The molecular weight excluding hydrogens is 288 g/mol. The number of carbonyl (C=O) groups is 1. The van der Waals surface area contributed by atoms with E-state index < -0.39 is 0 Å². The van der Waals surface area contributed by atoms with Crippen LogP contribution in [0.15, 0.2) is 24.3 Å². The standard InChI is InChI=1S/C16H24N2O2.ClH/c17-15-8-4-1-5-13(15)9-10-16(19)18-11-12-20-14-6-2-3-7-14;/h1,4-5,8,14H,2-3,6-7,9-12,17H2,(H,18,19);1H. The maximum atomic E-state index is 11.7. The molecule has 0 aliphatic heterocycles. The second-order valence-electron chi connectivity index (χ2n) is 5.33. The molecule has 2 rings (SSSR count). The lowest BCUT2D eigenvalue weighted by Gasteiger charge is -2.11. The van der Waals surface area contributed by atoms with Gasteiger partial charge in [0, 0.05) is 18.7 Å². The summed E-state index contributed by atoms with van der Waals surface area (Å²) in [5.41, 5.74) is 7.63. The molecule has 0 spiro atoms. The molecule has 0 unspecified atom stereocenters. The van der Waals surface area contributed by atoms with Gasteiger partial charge in [0.1, 0.15) is 0 Å². The molecule has 0 saturated heterocycles. The summed E-state index contributed by atoms with van der Waals surface area (Å²) in [5.74, 6) is 0.0586. The summed E-state index contributed by atoms with van der Waals surface area (Å²) in [7, 11) is 0. The molecule has 118 valence electrons. The van der Waals surface area contributed by atoms with Crippen molar-refractivity contribution in [3.05, 3.63) is 29.8 Å². The van der Waals surface area contributed by atoms with Gasteiger partial charge in [-0.2, -0.15) is 0 Å². The minimum absolute atomic E-state index is 0. The minimum atomic E-state index is 0. The Labute approximate surface area is 132 Å². The molecule has 1 fully saturated rings. The van der Waals surface area contributed by atoms with Crippen molar-refractivity contribution < 1.29 is 9.53 Å². The number of benzene rings is 1. The van der Waals surface area contributed by atoms with Crippen LogP contribution in [-0.2, 0) is 16.0 Å². The largest absolute Gasteiger partial charge is 0.399 e. The van der Waals surface area contributed by atoms with E-state index in [9.17, 15) is 4.79 Å². The topological polar surface area (TPSA) is 64.4 Å². The van der Waals surface area contributed by atoms with Crippen molar-refractivity contribution in [2.75, 3.05) is 18.9 Å². The van der Waals surface area contributed by atoms with Crippen molar-refractivity contribution in [3.63, 3.8) is 0 Å². The van der Waals surface area contributed by atoms with Gasteiger partial charge in [0.2, 0.25) is 5.91 Å². The van der Waals surface area contributed by atoms with E-state index in [4.69, 9.17) is 10.5 Å². The van der Waals surface area contributed by atoms with Gasteiger partial charge < -0.3 is 15.8 Å². The molecule has 21 heavy (non-hydrogen) atoms. The number of amides is 1. The molecule has 0 bridgehead atoms. The maximum absolute atomic E-state index is 11.7. The van der Waals surface area contributed by atoms with Crippen LogP contribution in [-0.4, -0.2) is 25.2 Å². The monoisotopic (exact) mass is 312 g/mol. The van der Waals surface area contributed by atoms with E-state index in [1.165, 1.54) is 25.7 Å². The molecule has 4 nitrogen and oxygen atoms in total. The molecule has 0 radical (unpaired) electrons. The number of nitrogens with one attached hydrogen (secondary N) is 1. The summed E-state index contributed by atoms with van der Waals surface area (Å²) < 4.78 is 5.70. The fourth-order valence-corrected chi connectivity index (χ4v) is 2.57. The highest BCUT2D eigenvalue weighted by Crippen LogP contribution is 2.20. The second kappa shape index (κ2) is 9.64. The first-order valence-electron chi connectivity index (χ1n) is 7.47. The predicted octanol–water partition coefficient (Wildman–Crippen LogP) is 2.70. The van der Waals surface area contributed by atoms with Crippen LogP contribution in [0.2, 0.25) is 0 Å². The Bertz CT molecular complexity index is 434. The quantitative estimate of drug-likeness (QED) is 0.601. The number of hydrogen-bond donors (Lipinski definition) is 2. The molecular formula is C16H25ClN2O2. The van der Waals surface area contributed by atoms with E-state index in [0.29, 0.717) is 32.1 Å². The molecule has 0 heterocycles. The van der Waals surface area contributed by atoms with Gasteiger partial charge in [0.15, 0.2) is 0 Å². The van der Waals surface area contributed by atoms with Gasteiger partial charge in [-0.1, -0.05) is 31.0 Å². The Hall–Kier alpha value is -1.26. The predicted molar refractivity (Wildman–Crippen MR) is 87.6 cm³/mol. The zero-order chi connectivity index (χ0) is 14.2. The van der Waals surface area contributed by atoms with Crippen LogP contribution in [0.1, 0.15) is 37.7 Å². The first-order chi connectivity index (χ1) is 9.75. The molecule has 1 aliphatic rings. The van der Waals surface area contributed by atoms with Crippen LogP contribution in [0.3, 0.4) is 0 Å². The summed E-state index contributed by atoms with van der Waals surface area (Å²) >= 11 is 0. The van der Waals surface area contributed by atoms with Gasteiger partial charge in [0.25, 0.3) is 0 Å². The fraction of sp³-hybridized carbons (Fsp3) is 0.562. The molecule has 1 amide bonds. The fourth-order valence-electron chi connectivity index (χ4n) is 2.57. The Morgan fingerprint density at radius 2 is 2.00 bits per heavy atom. The minimum Gasteiger partial charge on any atom is -0.399 e. The molecule has 1 aliphatic carbocycles. The molecule has 1 aromatic carbocycles. The number of para-hydroxylation sites is 1. The van der Waals surface area contributed by atoms with Gasteiger partial charge in [-0.05, 0) is 30.9 Å². The van der Waals surface area contributed by atoms with Gasteiger partial charge in [-0.3, -0.25) is 4.79 Å². The summed E-state index contributed by atoms with van der Waals surface area (Å²) in [6.07, 6.45) is 6.45. The Kier molecular flexibility index (Phi) is 8.16. The number of hydrogen-bond acceptors (Lipinski definition) is 3. The number of halogens is 1. The third-order valence-corrected chi connectivity index (χ3v) is 3.76. The first kappa shape index (κ1) is 17.8. The first-order valence-corrected chi connectivity index (χ1v) is 7.47. The highest BCUT2D eigenvalue weighted by Gasteiger charge is 2.14. The van der Waals surface area contributed by atoms with Crippen molar-refractivity contribution in [2.24, 2.45) is 0 Å². The molecule has 3 N–H and O–H groups in total. The lowest BCUT2D eigenvalue weighted by Crippen LogP contribution is -2.28. The van der Waals surface area contributed by atoms with Crippen molar-refractivity contribution >= 4 is 24.0 Å². The summed E-state index contributed by atoms with van der Waals surface area (Å²) in [4.78, 5) is 11.7. The summed E-state index contributed by atoms with van der Waals surface area (Å²) in [5, 5.41) is 2.89. The average Bonchev–Trinajstić information content (AvgIpc) is 2.96. The van der Waals surface area contributed by atoms with Crippen LogP contribution in [0.5, 0.6) is 0 Å². The van der Waals surface area contributed by atoms with Gasteiger partial charge in [-0.25, -0.2) is 0 Å². The molecule has 1 aromatic rings. The third-order valence-electron chi connectivity index (χ3n) is 3.76. The molecule has 0 aromatic heterocycles. The summed E-state index contributed by atoms with van der Waals surface area (Å²) in [6, 6.07) is 7.67. The number of rotatable bonds is 7. The second-order valence-corrected chi connectivity index (χ2v) is 5.33. The van der Waals surface area contributed by atoms with Crippen LogP contribution >= 0.6 is 12.4 Å². The van der Waals surface area contributed by atoms with Crippen LogP contribution in [0.25, 0.3) is 0 Å². The lowest BCUT2D eigenvalue weighted by atomic mass is 10.1. The van der Waals surface area contributed by atoms with Gasteiger partial charge in [0.05, 0.1) is 12.7 Å². The molecule has 0 atom stereocenters. The highest BCUT2D eigenvalue weighted by molar-refractivity contribution is 5.85. The Morgan fingerprint density at radius 3 is 2.71 bits per heavy atom. The number of anilines is 1. The van der Waals surface area contributed by atoms with Crippen molar-refractivity contribution in [1.29, 1.82) is 0 Å². The van der Waals surface area contributed by atoms with E-state index in [1.807, 2.05) is 24.3 Å². The van der Waals surface area contributed by atoms with E-state index in [0.717, 1.165) is 11.3 Å². The smallest absolute Gasteiger partial charge is 0.220 e. The number of carbonyl (C=O) groups excluding carboxylic acids is 1. The van der Waals surface area contributed by atoms with Gasteiger partial charge in [-0.15, -0.1) is 12.4 Å². The van der Waals surface area contributed by atoms with Crippen LogP contribution in [0, 0.1) is 0 Å². The zero-order valence-corrected chi connectivity index (χ0v) is 13.2. The lowest BCUT2D eigenvalue weighted by molar-refractivity contribution is -0.121. The number of nitrogen functional groups attached to an aromatic ring is 1. The normalized spacial score (nSPS) is 14.7. The SMILES string of the molecule is Cl.Nc1ccccc1CCC(=O)NCCOC1CCCC1. The van der Waals surface area contributed by atoms with E-state index >= 15 is 0 Å². The molecule has 1 saturated carbocycles. The van der Waals surface area contributed by atoms with E-state index in [2.05, 4.69) is 5.32 Å². The Balaban J connectivity index is 0.00000220. The van der Waals surface area contributed by atoms with Crippen LogP contribution in [0.4, 0.5) is 5.69 Å². The summed E-state index contributed by atoms with van der Waals surface area (Å²) in [6.45, 7) is 1.21. The van der Waals surface area contributed by atoms with E-state index in [-0.39, 0.29) is 18.3 Å². The number of aryl methyl sites for hydroxylation is 1. The highest BCUT2D eigenvalue weighted by atomic mass is 35.5. The van der Waals surface area contributed by atoms with Gasteiger partial charge >= 0.3 is 0 Å². The maximum Gasteiger partial charge on any atom is 0.220 e. The van der Waals surface area contributed by atoms with Crippen LogP contribution < -0.4 is 11.1 Å².